The van der Waals surface area contributed by atoms with Gasteiger partial charge in [-0.3, -0.25) is 9.48 Å². The normalized spacial score (nSPS) is 10.7. The van der Waals surface area contributed by atoms with E-state index < -0.39 is 5.97 Å². The average molecular weight is 287 g/mol. The van der Waals surface area contributed by atoms with E-state index in [9.17, 15) is 14.7 Å². The fraction of sp³-hybridized carbons (Fsp3) is 0.267. The molecule has 0 saturated carbocycles. The molecule has 0 unspecified atom stereocenters. The van der Waals surface area contributed by atoms with Crippen molar-refractivity contribution in [1.82, 2.24) is 9.78 Å². The number of hydrogen-bond acceptors (Lipinski definition) is 3. The fourth-order valence-electron chi connectivity index (χ4n) is 2.02. The molecule has 0 radical (unpaired) electrons. The quantitative estimate of drug-likeness (QED) is 0.905. The molecule has 6 heteroatoms. The van der Waals surface area contributed by atoms with Crippen LogP contribution in [0.1, 0.15) is 37.3 Å². The number of nitrogens with zero attached hydrogens (tertiary/aromatic N) is 2. The number of benzene rings is 1. The van der Waals surface area contributed by atoms with Gasteiger partial charge >= 0.3 is 5.97 Å². The van der Waals surface area contributed by atoms with Gasteiger partial charge in [-0.15, -0.1) is 0 Å². The highest BCUT2D eigenvalue weighted by atomic mass is 16.4. The number of aromatic nitrogens is 2. The van der Waals surface area contributed by atoms with Crippen LogP contribution in [0, 0.1) is 0 Å². The van der Waals surface area contributed by atoms with Crippen LogP contribution >= 0.6 is 0 Å². The molecule has 0 saturated heterocycles. The maximum atomic E-state index is 11.2. The summed E-state index contributed by atoms with van der Waals surface area (Å²) < 4.78 is 1.49. The summed E-state index contributed by atoms with van der Waals surface area (Å²) in [4.78, 5) is 22.2. The molecule has 0 aliphatic carbocycles. The lowest BCUT2D eigenvalue weighted by molar-refractivity contribution is -0.114. The Morgan fingerprint density at radius 3 is 2.29 bits per heavy atom. The molecule has 0 aliphatic rings. The molecular weight excluding hydrogens is 270 g/mol. The van der Waals surface area contributed by atoms with Gasteiger partial charge in [0, 0.05) is 24.2 Å². The molecule has 0 atom stereocenters. The van der Waals surface area contributed by atoms with E-state index in [2.05, 4.69) is 10.4 Å². The van der Waals surface area contributed by atoms with Gasteiger partial charge in [-0.2, -0.15) is 5.10 Å². The van der Waals surface area contributed by atoms with Crippen molar-refractivity contribution in [3.63, 3.8) is 0 Å². The lowest BCUT2D eigenvalue weighted by atomic mass is 10.1. The average Bonchev–Trinajstić information content (AvgIpc) is 2.84. The Kier molecular flexibility index (Phi) is 4.07. The zero-order valence-electron chi connectivity index (χ0n) is 12.1. The zero-order chi connectivity index (χ0) is 15.6. The Hall–Kier alpha value is -2.63. The number of aromatic carboxylic acids is 1. The number of hydrogen-bond donors (Lipinski definition) is 2. The van der Waals surface area contributed by atoms with Crippen molar-refractivity contribution in [2.24, 2.45) is 0 Å². The van der Waals surface area contributed by atoms with E-state index in [0.717, 1.165) is 5.56 Å². The van der Waals surface area contributed by atoms with Crippen LogP contribution in [0.5, 0.6) is 0 Å². The number of nitrogens with one attached hydrogen (secondary N) is 1. The van der Waals surface area contributed by atoms with Crippen LogP contribution in [0.2, 0.25) is 0 Å². The highest BCUT2D eigenvalue weighted by molar-refractivity contribution is 5.89. The summed E-state index contributed by atoms with van der Waals surface area (Å²) in [6.07, 6.45) is 0. The summed E-state index contributed by atoms with van der Waals surface area (Å²) in [6, 6.07) is 8.62. The van der Waals surface area contributed by atoms with Crippen molar-refractivity contribution >= 4 is 17.6 Å². The lowest BCUT2D eigenvalue weighted by Crippen LogP contribution is -2.11. The number of rotatable bonds is 4. The molecule has 1 aromatic heterocycles. The van der Waals surface area contributed by atoms with Crippen LogP contribution in [0.3, 0.4) is 0 Å². The predicted octanol–water partition coefficient (Wildman–Crippen LogP) is 2.79. The second kappa shape index (κ2) is 5.78. The number of carbonyl (C=O) groups is 2. The topological polar surface area (TPSA) is 84.2 Å². The Morgan fingerprint density at radius 1 is 1.24 bits per heavy atom. The van der Waals surface area contributed by atoms with Gasteiger partial charge in [0.2, 0.25) is 5.91 Å². The van der Waals surface area contributed by atoms with Crippen molar-refractivity contribution in [2.75, 3.05) is 5.32 Å². The standard InChI is InChI=1S/C15H17N3O3/c1-9(2)18-14(15(20)21)8-13(17-18)11-4-6-12(7-5-11)16-10(3)19/h4-9H,1-3H3,(H,16,19)(H,20,21). The maximum Gasteiger partial charge on any atom is 0.354 e. The molecule has 2 rings (SSSR count). The lowest BCUT2D eigenvalue weighted by Gasteiger charge is -2.07. The number of carboxylic acids is 1. The number of anilines is 1. The molecule has 2 aromatic rings. The first-order valence-electron chi connectivity index (χ1n) is 6.59. The van der Waals surface area contributed by atoms with E-state index in [0.29, 0.717) is 11.4 Å². The highest BCUT2D eigenvalue weighted by Crippen LogP contribution is 2.23. The van der Waals surface area contributed by atoms with Gasteiger partial charge in [-0.1, -0.05) is 12.1 Å². The summed E-state index contributed by atoms with van der Waals surface area (Å²) in [6.45, 7) is 5.20. The molecule has 1 amide bonds. The molecule has 110 valence electrons. The third-order valence-electron chi connectivity index (χ3n) is 2.95. The van der Waals surface area contributed by atoms with Crippen molar-refractivity contribution in [1.29, 1.82) is 0 Å². The van der Waals surface area contributed by atoms with Crippen LogP contribution in [0.15, 0.2) is 30.3 Å². The van der Waals surface area contributed by atoms with E-state index in [1.807, 2.05) is 13.8 Å². The minimum atomic E-state index is -1.00. The van der Waals surface area contributed by atoms with Gasteiger partial charge in [0.25, 0.3) is 0 Å². The molecule has 0 aliphatic heterocycles. The monoisotopic (exact) mass is 287 g/mol. The smallest absolute Gasteiger partial charge is 0.354 e. The SMILES string of the molecule is CC(=O)Nc1ccc(-c2cc(C(=O)O)n(C(C)C)n2)cc1. The second-order valence-electron chi connectivity index (χ2n) is 5.02. The molecule has 0 bridgehead atoms. The van der Waals surface area contributed by atoms with Gasteiger partial charge in [-0.05, 0) is 32.0 Å². The van der Waals surface area contributed by atoms with E-state index in [4.69, 9.17) is 0 Å². The largest absolute Gasteiger partial charge is 0.477 e. The van der Waals surface area contributed by atoms with Crippen LogP contribution in [-0.4, -0.2) is 26.8 Å². The number of carbonyl (C=O) groups excluding carboxylic acids is 1. The first-order valence-corrected chi connectivity index (χ1v) is 6.59. The Morgan fingerprint density at radius 2 is 1.86 bits per heavy atom. The Bertz CT molecular complexity index is 672. The van der Waals surface area contributed by atoms with Gasteiger partial charge in [0.05, 0.1) is 5.69 Å². The van der Waals surface area contributed by atoms with E-state index >= 15 is 0 Å². The third-order valence-corrected chi connectivity index (χ3v) is 2.95. The van der Waals surface area contributed by atoms with Gasteiger partial charge in [0.15, 0.2) is 0 Å². The molecule has 1 heterocycles. The van der Waals surface area contributed by atoms with Crippen LogP contribution in [0.4, 0.5) is 5.69 Å². The third kappa shape index (κ3) is 3.28. The minimum absolute atomic E-state index is 0.0384. The Labute approximate surface area is 122 Å². The second-order valence-corrected chi connectivity index (χ2v) is 5.02. The highest BCUT2D eigenvalue weighted by Gasteiger charge is 2.17. The van der Waals surface area contributed by atoms with Crippen molar-refractivity contribution in [2.45, 2.75) is 26.8 Å². The van der Waals surface area contributed by atoms with Gasteiger partial charge in [0.1, 0.15) is 5.69 Å². The van der Waals surface area contributed by atoms with Crippen LogP contribution in [-0.2, 0) is 4.79 Å². The van der Waals surface area contributed by atoms with E-state index in [1.54, 1.807) is 30.3 Å². The molecule has 21 heavy (non-hydrogen) atoms. The molecule has 0 fully saturated rings. The first-order chi connectivity index (χ1) is 9.88. The van der Waals surface area contributed by atoms with E-state index in [1.165, 1.54) is 11.6 Å². The van der Waals surface area contributed by atoms with Crippen molar-refractivity contribution in [3.05, 3.63) is 36.0 Å². The number of amides is 1. The summed E-state index contributed by atoms with van der Waals surface area (Å²) in [5, 5.41) is 16.2. The summed E-state index contributed by atoms with van der Waals surface area (Å²) in [5.41, 5.74) is 2.24. The number of carboxylic acid groups (broad SMARTS) is 1. The predicted molar refractivity (Wildman–Crippen MR) is 79.3 cm³/mol. The summed E-state index contributed by atoms with van der Waals surface area (Å²) >= 11 is 0. The van der Waals surface area contributed by atoms with Gasteiger partial charge < -0.3 is 10.4 Å². The summed E-state index contributed by atoms with van der Waals surface area (Å²) in [7, 11) is 0. The molecule has 6 nitrogen and oxygen atoms in total. The minimum Gasteiger partial charge on any atom is -0.477 e. The van der Waals surface area contributed by atoms with E-state index in [-0.39, 0.29) is 17.6 Å². The van der Waals surface area contributed by atoms with Crippen molar-refractivity contribution < 1.29 is 14.7 Å². The molecular formula is C15H17N3O3. The molecule has 2 N–H and O–H groups in total. The Balaban J connectivity index is 2.36. The zero-order valence-corrected chi connectivity index (χ0v) is 12.1. The summed E-state index contributed by atoms with van der Waals surface area (Å²) in [5.74, 6) is -1.14. The van der Waals surface area contributed by atoms with Gasteiger partial charge in [-0.25, -0.2) is 4.79 Å². The molecule has 0 spiro atoms. The first kappa shape index (κ1) is 14.8. The van der Waals surface area contributed by atoms with Crippen LogP contribution in [0.25, 0.3) is 11.3 Å². The van der Waals surface area contributed by atoms with Crippen LogP contribution < -0.4 is 5.32 Å². The molecule has 1 aromatic carbocycles. The maximum absolute atomic E-state index is 11.2. The van der Waals surface area contributed by atoms with Crippen molar-refractivity contribution in [3.8, 4) is 11.3 Å². The fourth-order valence-corrected chi connectivity index (χ4v) is 2.02.